The second-order valence-electron chi connectivity index (χ2n) is 7.11. The third-order valence-electron chi connectivity index (χ3n) is 5.25. The summed E-state index contributed by atoms with van der Waals surface area (Å²) >= 11 is 0. The Morgan fingerprint density at radius 2 is 1.64 bits per heavy atom. The summed E-state index contributed by atoms with van der Waals surface area (Å²) in [5, 5.41) is 6.77. The third-order valence-corrected chi connectivity index (χ3v) is 5.25. The quantitative estimate of drug-likeness (QED) is 0.813. The Balaban J connectivity index is 1.53. The van der Waals surface area contributed by atoms with Gasteiger partial charge in [-0.25, -0.2) is 10.0 Å². The molecule has 2 fully saturated rings. The molecule has 8 nitrogen and oxygen atoms in total. The summed E-state index contributed by atoms with van der Waals surface area (Å²) < 4.78 is 5.09. The molecular weight excluding hydrogens is 360 g/mol. The average molecular weight is 382 g/mol. The number of benzene rings is 1. The first-order valence-corrected chi connectivity index (χ1v) is 9.44. The maximum Gasteiger partial charge on any atom is 0.277 e. The van der Waals surface area contributed by atoms with Crippen molar-refractivity contribution in [2.24, 2.45) is 0 Å². The van der Waals surface area contributed by atoms with E-state index in [-0.39, 0.29) is 17.7 Å². The van der Waals surface area contributed by atoms with Crippen LogP contribution in [-0.2, 0) is 4.79 Å². The number of hydrogen-bond acceptors (Lipinski definition) is 5. The minimum atomic E-state index is -0.276. The van der Waals surface area contributed by atoms with Gasteiger partial charge >= 0.3 is 0 Å². The topological polar surface area (TPSA) is 87.0 Å². The highest BCUT2D eigenvalue weighted by Crippen LogP contribution is 2.24. The first kappa shape index (κ1) is 18.2. The fraction of sp³-hybridized carbons (Fsp3) is 0.400. The first-order chi connectivity index (χ1) is 13.5. The Labute approximate surface area is 162 Å². The number of hydrogen-bond donors (Lipinski definition) is 0. The van der Waals surface area contributed by atoms with Crippen LogP contribution < -0.4 is 4.90 Å². The van der Waals surface area contributed by atoms with Gasteiger partial charge in [-0.2, -0.15) is 0 Å². The smallest absolute Gasteiger partial charge is 0.277 e. The first-order valence-electron chi connectivity index (χ1n) is 9.44. The van der Waals surface area contributed by atoms with Gasteiger partial charge in [0.1, 0.15) is 11.3 Å². The average Bonchev–Trinajstić information content (AvgIpc) is 3.41. The molecule has 2 aromatic rings. The van der Waals surface area contributed by atoms with Crippen LogP contribution in [0.1, 0.15) is 51.4 Å². The highest BCUT2D eigenvalue weighted by atomic mass is 16.5. The normalized spacial score (nSPS) is 16.9. The summed E-state index contributed by atoms with van der Waals surface area (Å²) in [4.78, 5) is 39.6. The lowest BCUT2D eigenvalue weighted by Crippen LogP contribution is -2.45. The van der Waals surface area contributed by atoms with Crippen molar-refractivity contribution in [3.8, 4) is 0 Å². The standard InChI is InChI=1S/C20H22N4O4/c1-13-18(14(2)28-21-13)20(27)24-12-4-11-23(24)19(26)15-6-8-16(9-7-15)22-10-3-5-17(22)25/h6-9H,3-5,10-12H2,1-2H3. The highest BCUT2D eigenvalue weighted by Gasteiger charge is 2.34. The molecule has 2 saturated heterocycles. The van der Waals surface area contributed by atoms with Crippen LogP contribution in [0.5, 0.6) is 0 Å². The summed E-state index contributed by atoms with van der Waals surface area (Å²) in [6.07, 6.45) is 2.13. The van der Waals surface area contributed by atoms with E-state index in [9.17, 15) is 14.4 Å². The number of hydrazine groups is 1. The Morgan fingerprint density at radius 3 is 2.21 bits per heavy atom. The van der Waals surface area contributed by atoms with E-state index in [1.165, 1.54) is 10.0 Å². The predicted octanol–water partition coefficient (Wildman–Crippen LogP) is 2.32. The largest absolute Gasteiger partial charge is 0.361 e. The molecule has 0 bridgehead atoms. The maximum absolute atomic E-state index is 13.0. The molecule has 0 N–H and O–H groups in total. The summed E-state index contributed by atoms with van der Waals surface area (Å²) in [5.74, 6) is 0.0366. The molecule has 0 aliphatic carbocycles. The summed E-state index contributed by atoms with van der Waals surface area (Å²) in [5.41, 5.74) is 2.20. The third kappa shape index (κ3) is 3.04. The van der Waals surface area contributed by atoms with Crippen molar-refractivity contribution >= 4 is 23.4 Å². The van der Waals surface area contributed by atoms with E-state index >= 15 is 0 Å². The highest BCUT2D eigenvalue weighted by molar-refractivity contribution is 6.01. The molecule has 28 heavy (non-hydrogen) atoms. The van der Waals surface area contributed by atoms with E-state index in [0.29, 0.717) is 55.1 Å². The number of nitrogens with zero attached hydrogens (tertiary/aromatic N) is 4. The second-order valence-corrected chi connectivity index (χ2v) is 7.11. The number of aryl methyl sites for hydroxylation is 2. The van der Waals surface area contributed by atoms with Crippen molar-refractivity contribution in [2.75, 3.05) is 24.5 Å². The fourth-order valence-corrected chi connectivity index (χ4v) is 3.81. The number of aromatic nitrogens is 1. The van der Waals surface area contributed by atoms with Gasteiger partial charge in [-0.15, -0.1) is 0 Å². The van der Waals surface area contributed by atoms with Crippen molar-refractivity contribution in [1.29, 1.82) is 0 Å². The zero-order valence-corrected chi connectivity index (χ0v) is 16.0. The Morgan fingerprint density at radius 1 is 0.964 bits per heavy atom. The van der Waals surface area contributed by atoms with Gasteiger partial charge < -0.3 is 9.42 Å². The molecule has 2 aliphatic heterocycles. The molecule has 4 rings (SSSR count). The van der Waals surface area contributed by atoms with Gasteiger partial charge in [0.15, 0.2) is 0 Å². The van der Waals surface area contributed by atoms with E-state index in [2.05, 4.69) is 5.16 Å². The molecule has 0 radical (unpaired) electrons. The Kier molecular flexibility index (Phi) is 4.62. The lowest BCUT2D eigenvalue weighted by atomic mass is 10.1. The molecule has 0 atom stereocenters. The molecule has 3 heterocycles. The van der Waals surface area contributed by atoms with Gasteiger partial charge in [0.25, 0.3) is 11.8 Å². The fourth-order valence-electron chi connectivity index (χ4n) is 3.81. The predicted molar refractivity (Wildman–Crippen MR) is 101 cm³/mol. The molecular formula is C20H22N4O4. The van der Waals surface area contributed by atoms with Crippen molar-refractivity contribution in [1.82, 2.24) is 15.2 Å². The van der Waals surface area contributed by atoms with Gasteiger partial charge in [0, 0.05) is 37.3 Å². The van der Waals surface area contributed by atoms with Crippen molar-refractivity contribution < 1.29 is 18.9 Å². The van der Waals surface area contributed by atoms with E-state index in [1.54, 1.807) is 43.0 Å². The van der Waals surface area contributed by atoms with Crippen LogP contribution in [0.4, 0.5) is 5.69 Å². The van der Waals surface area contributed by atoms with Crippen molar-refractivity contribution in [2.45, 2.75) is 33.1 Å². The maximum atomic E-state index is 13.0. The molecule has 3 amide bonds. The number of carbonyl (C=O) groups excluding carboxylic acids is 3. The van der Waals surface area contributed by atoms with Gasteiger partial charge in [-0.05, 0) is 51.0 Å². The van der Waals surface area contributed by atoms with Gasteiger partial charge in [0.05, 0.1) is 5.69 Å². The van der Waals surface area contributed by atoms with Crippen LogP contribution in [0, 0.1) is 13.8 Å². The van der Waals surface area contributed by atoms with Crippen LogP contribution in [0.3, 0.4) is 0 Å². The minimum absolute atomic E-state index is 0.106. The zero-order valence-electron chi connectivity index (χ0n) is 16.0. The van der Waals surface area contributed by atoms with Gasteiger partial charge in [0.2, 0.25) is 5.91 Å². The van der Waals surface area contributed by atoms with Crippen LogP contribution in [0.25, 0.3) is 0 Å². The summed E-state index contributed by atoms with van der Waals surface area (Å²) in [6.45, 7) is 5.05. The van der Waals surface area contributed by atoms with Crippen LogP contribution >= 0.6 is 0 Å². The number of anilines is 1. The zero-order chi connectivity index (χ0) is 19.8. The molecule has 8 heteroatoms. The number of amides is 3. The Hall–Kier alpha value is -3.16. The molecule has 0 saturated carbocycles. The van der Waals surface area contributed by atoms with Gasteiger partial charge in [-0.3, -0.25) is 14.4 Å². The summed E-state index contributed by atoms with van der Waals surface area (Å²) in [7, 11) is 0. The molecule has 0 unspecified atom stereocenters. The number of rotatable bonds is 3. The number of carbonyl (C=O) groups is 3. The van der Waals surface area contributed by atoms with E-state index in [1.807, 2.05) is 0 Å². The molecule has 146 valence electrons. The van der Waals surface area contributed by atoms with Gasteiger partial charge in [-0.1, -0.05) is 5.16 Å². The SMILES string of the molecule is Cc1noc(C)c1C(=O)N1CCCN1C(=O)c1ccc(N2CCCC2=O)cc1. The lowest BCUT2D eigenvalue weighted by Gasteiger charge is -2.28. The van der Waals surface area contributed by atoms with Crippen molar-refractivity contribution in [3.63, 3.8) is 0 Å². The second kappa shape index (κ2) is 7.10. The van der Waals surface area contributed by atoms with E-state index < -0.39 is 0 Å². The van der Waals surface area contributed by atoms with Crippen LogP contribution in [-0.4, -0.2) is 52.5 Å². The van der Waals surface area contributed by atoms with Crippen LogP contribution in [0.15, 0.2) is 28.8 Å². The summed E-state index contributed by atoms with van der Waals surface area (Å²) in [6, 6.07) is 6.99. The minimum Gasteiger partial charge on any atom is -0.361 e. The molecule has 0 spiro atoms. The molecule has 2 aliphatic rings. The molecule has 1 aromatic heterocycles. The van der Waals surface area contributed by atoms with E-state index in [0.717, 1.165) is 12.1 Å². The molecule has 1 aromatic carbocycles. The Bertz CT molecular complexity index is 915. The van der Waals surface area contributed by atoms with Crippen molar-refractivity contribution in [3.05, 3.63) is 46.8 Å². The lowest BCUT2D eigenvalue weighted by molar-refractivity contribution is -0.117. The monoisotopic (exact) mass is 382 g/mol. The van der Waals surface area contributed by atoms with Crippen LogP contribution in [0.2, 0.25) is 0 Å². The van der Waals surface area contributed by atoms with E-state index in [4.69, 9.17) is 4.52 Å².